The molecule has 4 nitrogen and oxygen atoms in total. The summed E-state index contributed by atoms with van der Waals surface area (Å²) in [6.07, 6.45) is 0.249. The largest absolute Gasteiger partial charge is 0.508 e. The molecule has 0 spiro atoms. The standard InChI is InChI=1S/C9H9NO3S/c11-7-3-1-6(2-4-7)5-8(10-14)9(12)13/h1-4,8,11H,5H2,(H,12,13)/t8-/m0/s1. The molecule has 0 aliphatic carbocycles. The molecule has 0 bridgehead atoms. The summed E-state index contributed by atoms with van der Waals surface area (Å²) in [5.41, 5.74) is 0.781. The summed E-state index contributed by atoms with van der Waals surface area (Å²) in [4.78, 5) is 10.6. The number of rotatable bonds is 4. The van der Waals surface area contributed by atoms with E-state index in [1.807, 2.05) is 0 Å². The average molecular weight is 211 g/mol. The number of carbonyl (C=O) groups is 1. The molecule has 0 heterocycles. The summed E-state index contributed by atoms with van der Waals surface area (Å²) in [5.74, 6) is -0.885. The zero-order valence-corrected chi connectivity index (χ0v) is 8.07. The van der Waals surface area contributed by atoms with Gasteiger partial charge >= 0.3 is 5.97 Å². The molecule has 0 saturated carbocycles. The topological polar surface area (TPSA) is 69.9 Å². The van der Waals surface area contributed by atoms with E-state index in [0.717, 1.165) is 5.56 Å². The Morgan fingerprint density at radius 3 is 2.43 bits per heavy atom. The molecule has 0 unspecified atom stereocenters. The van der Waals surface area contributed by atoms with Crippen molar-refractivity contribution in [2.45, 2.75) is 12.5 Å². The number of aromatic hydroxyl groups is 1. The molecule has 74 valence electrons. The molecule has 1 rings (SSSR count). The fraction of sp³-hybridized carbons (Fsp3) is 0.222. The lowest BCUT2D eigenvalue weighted by atomic mass is 10.1. The second-order valence-corrected chi connectivity index (χ2v) is 3.04. The van der Waals surface area contributed by atoms with Gasteiger partial charge in [-0.25, -0.2) is 9.16 Å². The molecule has 2 N–H and O–H groups in total. The Hall–Kier alpha value is -1.49. The van der Waals surface area contributed by atoms with E-state index in [4.69, 9.17) is 10.2 Å². The Balaban J connectivity index is 2.72. The number of nitrogens with zero attached hydrogens (tertiary/aromatic N) is 1. The molecule has 1 atom stereocenters. The minimum Gasteiger partial charge on any atom is -0.508 e. The van der Waals surface area contributed by atoms with Crippen molar-refractivity contribution in [3.63, 3.8) is 0 Å². The Labute approximate surface area is 86.4 Å². The lowest BCUT2D eigenvalue weighted by Crippen LogP contribution is -2.19. The third-order valence-electron chi connectivity index (χ3n) is 1.78. The van der Waals surface area contributed by atoms with Gasteiger partial charge in [-0.1, -0.05) is 12.1 Å². The van der Waals surface area contributed by atoms with E-state index in [-0.39, 0.29) is 12.2 Å². The van der Waals surface area contributed by atoms with Gasteiger partial charge in [0.25, 0.3) is 0 Å². The molecular weight excluding hydrogens is 202 g/mol. The Bertz CT molecular complexity index is 336. The van der Waals surface area contributed by atoms with Gasteiger partial charge in [0.1, 0.15) is 5.75 Å². The van der Waals surface area contributed by atoms with Gasteiger partial charge in [-0.2, -0.15) is 0 Å². The van der Waals surface area contributed by atoms with Crippen molar-refractivity contribution >= 4 is 18.4 Å². The van der Waals surface area contributed by atoms with Crippen molar-refractivity contribution < 1.29 is 15.0 Å². The quantitative estimate of drug-likeness (QED) is 0.783. The van der Waals surface area contributed by atoms with Gasteiger partial charge in [-0.15, -0.1) is 0 Å². The van der Waals surface area contributed by atoms with Crippen LogP contribution in [0.1, 0.15) is 5.56 Å². The smallest absolute Gasteiger partial charge is 0.329 e. The number of carboxylic acids is 1. The molecule has 0 amide bonds. The van der Waals surface area contributed by atoms with Gasteiger partial charge in [0.05, 0.1) is 0 Å². The molecule has 5 heteroatoms. The average Bonchev–Trinajstić information content (AvgIpc) is 2.16. The molecule has 0 saturated heterocycles. The summed E-state index contributed by atoms with van der Waals surface area (Å²) in [7, 11) is 0. The molecule has 0 aliphatic heterocycles. The maximum Gasteiger partial charge on any atom is 0.329 e. The van der Waals surface area contributed by atoms with Crippen molar-refractivity contribution in [1.82, 2.24) is 0 Å². The summed E-state index contributed by atoms with van der Waals surface area (Å²) < 4.78 is 3.33. The van der Waals surface area contributed by atoms with Crippen LogP contribution in [-0.4, -0.2) is 22.2 Å². The summed E-state index contributed by atoms with van der Waals surface area (Å²) >= 11 is 4.37. The molecular formula is C9H9NO3S. The van der Waals surface area contributed by atoms with Crippen LogP contribution in [0, 0.1) is 0 Å². The van der Waals surface area contributed by atoms with Crippen molar-refractivity contribution in [2.24, 2.45) is 4.36 Å². The van der Waals surface area contributed by atoms with Crippen LogP contribution in [0.3, 0.4) is 0 Å². The molecule has 0 aromatic heterocycles. The minimum atomic E-state index is -1.03. The van der Waals surface area contributed by atoms with Gasteiger partial charge < -0.3 is 10.2 Å². The monoisotopic (exact) mass is 211 g/mol. The predicted octanol–water partition coefficient (Wildman–Crippen LogP) is 1.12. The first-order valence-corrected chi connectivity index (χ1v) is 4.33. The number of phenols is 1. The van der Waals surface area contributed by atoms with E-state index >= 15 is 0 Å². The first-order chi connectivity index (χ1) is 6.63. The number of hydrogen-bond acceptors (Lipinski definition) is 4. The van der Waals surface area contributed by atoms with Crippen molar-refractivity contribution in [3.8, 4) is 5.75 Å². The first-order valence-electron chi connectivity index (χ1n) is 3.96. The normalized spacial score (nSPS) is 12.0. The summed E-state index contributed by atoms with van der Waals surface area (Å²) in [6.45, 7) is 0. The van der Waals surface area contributed by atoms with Crippen LogP contribution in [0.15, 0.2) is 28.6 Å². The SMILES string of the molecule is O=C(O)[C@H](Cc1ccc(O)cc1)N=S. The lowest BCUT2D eigenvalue weighted by molar-refractivity contribution is -0.138. The number of carboxylic acid groups (broad SMARTS) is 1. The van der Waals surface area contributed by atoms with Crippen molar-refractivity contribution in [2.75, 3.05) is 0 Å². The van der Waals surface area contributed by atoms with E-state index in [1.54, 1.807) is 12.1 Å². The first kappa shape index (κ1) is 10.6. The molecule has 0 aliphatic rings. The second-order valence-electron chi connectivity index (χ2n) is 2.83. The maximum atomic E-state index is 10.6. The highest BCUT2D eigenvalue weighted by atomic mass is 32.1. The van der Waals surface area contributed by atoms with Gasteiger partial charge in [-0.05, 0) is 17.7 Å². The van der Waals surface area contributed by atoms with E-state index in [2.05, 4.69) is 16.8 Å². The van der Waals surface area contributed by atoms with E-state index in [0.29, 0.717) is 0 Å². The number of aliphatic carboxylic acids is 1. The van der Waals surface area contributed by atoms with Crippen LogP contribution in [0.2, 0.25) is 0 Å². The van der Waals surface area contributed by atoms with Crippen LogP contribution >= 0.6 is 0 Å². The van der Waals surface area contributed by atoms with Gasteiger partial charge in [0.15, 0.2) is 6.04 Å². The van der Waals surface area contributed by atoms with Gasteiger partial charge in [0, 0.05) is 18.8 Å². The zero-order chi connectivity index (χ0) is 10.6. The Morgan fingerprint density at radius 1 is 1.43 bits per heavy atom. The lowest BCUT2D eigenvalue weighted by Gasteiger charge is -2.05. The fourth-order valence-corrected chi connectivity index (χ4v) is 1.19. The molecule has 1 aromatic rings. The molecule has 1 aromatic carbocycles. The van der Waals surface area contributed by atoms with E-state index in [9.17, 15) is 4.79 Å². The highest BCUT2D eigenvalue weighted by Gasteiger charge is 2.15. The number of benzene rings is 1. The highest BCUT2D eigenvalue weighted by Crippen LogP contribution is 2.12. The van der Waals surface area contributed by atoms with Crippen LogP contribution < -0.4 is 0 Å². The predicted molar refractivity (Wildman–Crippen MR) is 53.0 cm³/mol. The second kappa shape index (κ2) is 4.66. The van der Waals surface area contributed by atoms with Gasteiger partial charge in [-0.3, -0.25) is 0 Å². The third-order valence-corrected chi connectivity index (χ3v) is 2.03. The number of hydrogen-bond donors (Lipinski definition) is 2. The minimum absolute atomic E-state index is 0.149. The van der Waals surface area contributed by atoms with Gasteiger partial charge in [0.2, 0.25) is 0 Å². The van der Waals surface area contributed by atoms with Crippen LogP contribution in [0.4, 0.5) is 0 Å². The van der Waals surface area contributed by atoms with Crippen LogP contribution in [0.25, 0.3) is 0 Å². The molecule has 14 heavy (non-hydrogen) atoms. The van der Waals surface area contributed by atoms with Crippen LogP contribution in [0.5, 0.6) is 5.75 Å². The Morgan fingerprint density at radius 2 is 2.00 bits per heavy atom. The van der Waals surface area contributed by atoms with E-state index in [1.165, 1.54) is 12.1 Å². The molecule has 0 fully saturated rings. The fourth-order valence-electron chi connectivity index (χ4n) is 1.02. The van der Waals surface area contributed by atoms with Crippen LogP contribution in [-0.2, 0) is 23.6 Å². The van der Waals surface area contributed by atoms with Crippen molar-refractivity contribution in [3.05, 3.63) is 29.8 Å². The summed E-state index contributed by atoms with van der Waals surface area (Å²) in [6, 6.07) is 5.39. The van der Waals surface area contributed by atoms with Crippen molar-refractivity contribution in [1.29, 1.82) is 0 Å². The number of phenolic OH excluding ortho intramolecular Hbond substituents is 1. The Kier molecular flexibility index (Phi) is 3.53. The van der Waals surface area contributed by atoms with E-state index < -0.39 is 12.0 Å². The summed E-state index contributed by atoms with van der Waals surface area (Å²) in [5, 5.41) is 17.7. The third kappa shape index (κ3) is 2.77. The highest BCUT2D eigenvalue weighted by molar-refractivity contribution is 7.47. The molecule has 0 radical (unpaired) electrons. The maximum absolute atomic E-state index is 10.6. The zero-order valence-electron chi connectivity index (χ0n) is 7.25.